The fraction of sp³-hybridized carbons (Fsp3) is 0.400. The van der Waals surface area contributed by atoms with E-state index < -0.39 is 0 Å². The lowest BCUT2D eigenvalue weighted by Gasteiger charge is -1.96. The minimum atomic E-state index is 0.777. The highest BCUT2D eigenvalue weighted by atomic mass is 32.1. The lowest BCUT2D eigenvalue weighted by atomic mass is 10.4. The molecule has 0 aliphatic heterocycles. The molecule has 0 spiro atoms. The summed E-state index contributed by atoms with van der Waals surface area (Å²) in [4.78, 5) is 7.92. The van der Waals surface area contributed by atoms with Crippen molar-refractivity contribution in [2.45, 2.75) is 19.9 Å². The summed E-state index contributed by atoms with van der Waals surface area (Å²) in [5.74, 6) is 0. The Morgan fingerprint density at radius 3 is 2.81 bits per heavy atom. The molecule has 16 heavy (non-hydrogen) atoms. The molecule has 0 radical (unpaired) electrons. The standard InChI is InChI=1S/C10H13N5S/c1-2-3-11-6-9-14-15-10(16-9)8-4-12-7-13-5-8/h4-5,7,11H,2-3,6H2,1H3. The molecule has 0 saturated carbocycles. The Morgan fingerprint density at radius 2 is 2.06 bits per heavy atom. The third-order valence-electron chi connectivity index (χ3n) is 1.98. The van der Waals surface area contributed by atoms with Crippen LogP contribution in [0.15, 0.2) is 18.7 Å². The SMILES string of the molecule is CCCNCc1nnc(-c2cncnc2)s1. The number of aromatic nitrogens is 4. The Bertz CT molecular complexity index is 428. The molecule has 2 aromatic rings. The summed E-state index contributed by atoms with van der Waals surface area (Å²) in [7, 11) is 0. The van der Waals surface area contributed by atoms with Crippen molar-refractivity contribution in [1.82, 2.24) is 25.5 Å². The molecule has 0 unspecified atom stereocenters. The van der Waals surface area contributed by atoms with Crippen LogP contribution in [0.1, 0.15) is 18.4 Å². The van der Waals surface area contributed by atoms with E-state index in [9.17, 15) is 0 Å². The number of hydrogen-bond donors (Lipinski definition) is 1. The largest absolute Gasteiger partial charge is 0.310 e. The van der Waals surface area contributed by atoms with E-state index in [0.717, 1.165) is 35.1 Å². The van der Waals surface area contributed by atoms with Crippen LogP contribution in [0.3, 0.4) is 0 Å². The zero-order chi connectivity index (χ0) is 11.2. The first-order chi connectivity index (χ1) is 7.90. The van der Waals surface area contributed by atoms with Gasteiger partial charge in [-0.2, -0.15) is 0 Å². The molecule has 0 amide bonds. The second-order valence-electron chi connectivity index (χ2n) is 3.30. The molecule has 2 heterocycles. The van der Waals surface area contributed by atoms with E-state index in [1.165, 1.54) is 6.33 Å². The molecule has 0 aromatic carbocycles. The van der Waals surface area contributed by atoms with Crippen LogP contribution < -0.4 is 5.32 Å². The molecule has 1 N–H and O–H groups in total. The maximum Gasteiger partial charge on any atom is 0.150 e. The number of nitrogens with zero attached hydrogens (tertiary/aromatic N) is 4. The molecule has 0 aliphatic rings. The fourth-order valence-corrected chi connectivity index (χ4v) is 2.01. The van der Waals surface area contributed by atoms with Crippen LogP contribution >= 0.6 is 11.3 Å². The smallest absolute Gasteiger partial charge is 0.150 e. The van der Waals surface area contributed by atoms with Gasteiger partial charge in [-0.3, -0.25) is 0 Å². The van der Waals surface area contributed by atoms with Crippen molar-refractivity contribution in [2.75, 3.05) is 6.54 Å². The molecular formula is C10H13N5S. The Balaban J connectivity index is 2.02. The molecule has 0 saturated heterocycles. The molecule has 84 valence electrons. The van der Waals surface area contributed by atoms with Crippen molar-refractivity contribution < 1.29 is 0 Å². The van der Waals surface area contributed by atoms with Gasteiger partial charge < -0.3 is 5.32 Å². The minimum Gasteiger partial charge on any atom is -0.310 e. The fourth-order valence-electron chi connectivity index (χ4n) is 1.22. The highest BCUT2D eigenvalue weighted by molar-refractivity contribution is 7.14. The molecule has 2 rings (SSSR count). The number of rotatable bonds is 5. The van der Waals surface area contributed by atoms with Gasteiger partial charge in [-0.1, -0.05) is 18.3 Å². The first kappa shape index (κ1) is 11.1. The maximum atomic E-state index is 4.11. The molecular weight excluding hydrogens is 222 g/mol. The second kappa shape index (κ2) is 5.62. The quantitative estimate of drug-likeness (QED) is 0.796. The lowest BCUT2D eigenvalue weighted by molar-refractivity contribution is 0.668. The first-order valence-corrected chi connectivity index (χ1v) is 6.00. The van der Waals surface area contributed by atoms with Crippen molar-refractivity contribution in [3.8, 4) is 10.6 Å². The van der Waals surface area contributed by atoms with Crippen LogP contribution in [-0.4, -0.2) is 26.7 Å². The first-order valence-electron chi connectivity index (χ1n) is 5.18. The summed E-state index contributed by atoms with van der Waals surface area (Å²) >= 11 is 1.57. The number of nitrogens with one attached hydrogen (secondary N) is 1. The van der Waals surface area contributed by atoms with E-state index >= 15 is 0 Å². The van der Waals surface area contributed by atoms with Gasteiger partial charge in [0.25, 0.3) is 0 Å². The Morgan fingerprint density at radius 1 is 1.25 bits per heavy atom. The van der Waals surface area contributed by atoms with Crippen LogP contribution in [0.5, 0.6) is 0 Å². The molecule has 2 aromatic heterocycles. The van der Waals surface area contributed by atoms with Crippen molar-refractivity contribution in [3.63, 3.8) is 0 Å². The van der Waals surface area contributed by atoms with Gasteiger partial charge in [0.05, 0.1) is 0 Å². The summed E-state index contributed by atoms with van der Waals surface area (Å²) in [6, 6.07) is 0. The average Bonchev–Trinajstić information content (AvgIpc) is 2.79. The van der Waals surface area contributed by atoms with E-state index in [0.29, 0.717) is 0 Å². The zero-order valence-electron chi connectivity index (χ0n) is 9.05. The van der Waals surface area contributed by atoms with Gasteiger partial charge >= 0.3 is 0 Å². The van der Waals surface area contributed by atoms with E-state index in [2.05, 4.69) is 32.4 Å². The van der Waals surface area contributed by atoms with Crippen LogP contribution in [0.25, 0.3) is 10.6 Å². The van der Waals surface area contributed by atoms with Gasteiger partial charge in [0, 0.05) is 24.5 Å². The maximum absolute atomic E-state index is 4.11. The van der Waals surface area contributed by atoms with E-state index in [4.69, 9.17) is 0 Å². The van der Waals surface area contributed by atoms with E-state index in [-0.39, 0.29) is 0 Å². The highest BCUT2D eigenvalue weighted by Crippen LogP contribution is 2.21. The van der Waals surface area contributed by atoms with Crippen molar-refractivity contribution in [1.29, 1.82) is 0 Å². The zero-order valence-corrected chi connectivity index (χ0v) is 9.87. The Kier molecular flexibility index (Phi) is 3.90. The van der Waals surface area contributed by atoms with Crippen molar-refractivity contribution in [2.24, 2.45) is 0 Å². The monoisotopic (exact) mass is 235 g/mol. The third-order valence-corrected chi connectivity index (χ3v) is 2.95. The van der Waals surface area contributed by atoms with E-state index in [1.807, 2.05) is 0 Å². The number of hydrogen-bond acceptors (Lipinski definition) is 6. The second-order valence-corrected chi connectivity index (χ2v) is 4.37. The Labute approximate surface area is 98.0 Å². The van der Waals surface area contributed by atoms with Gasteiger partial charge in [0.15, 0.2) is 5.01 Å². The van der Waals surface area contributed by atoms with Gasteiger partial charge in [0.2, 0.25) is 0 Å². The molecule has 6 heteroatoms. The van der Waals surface area contributed by atoms with Crippen LogP contribution in [0.2, 0.25) is 0 Å². The minimum absolute atomic E-state index is 0.777. The van der Waals surface area contributed by atoms with Crippen LogP contribution in [0.4, 0.5) is 0 Å². The Hall–Kier alpha value is -1.40. The average molecular weight is 235 g/mol. The van der Waals surface area contributed by atoms with Gasteiger partial charge in [0.1, 0.15) is 11.3 Å². The predicted octanol–water partition coefficient (Wildman–Crippen LogP) is 1.49. The summed E-state index contributed by atoms with van der Waals surface area (Å²) < 4.78 is 0. The highest BCUT2D eigenvalue weighted by Gasteiger charge is 2.06. The molecule has 0 atom stereocenters. The van der Waals surface area contributed by atoms with Crippen molar-refractivity contribution in [3.05, 3.63) is 23.7 Å². The van der Waals surface area contributed by atoms with Gasteiger partial charge in [-0.15, -0.1) is 10.2 Å². The summed E-state index contributed by atoms with van der Waals surface area (Å²) in [5.41, 5.74) is 0.918. The molecule has 0 bridgehead atoms. The van der Waals surface area contributed by atoms with Gasteiger partial charge in [-0.25, -0.2) is 9.97 Å². The molecule has 0 fully saturated rings. The van der Waals surface area contributed by atoms with E-state index in [1.54, 1.807) is 23.7 Å². The van der Waals surface area contributed by atoms with Crippen LogP contribution in [0, 0.1) is 0 Å². The summed E-state index contributed by atoms with van der Waals surface area (Å²) in [6.07, 6.45) is 6.12. The molecule has 0 aliphatic carbocycles. The third kappa shape index (κ3) is 2.80. The predicted molar refractivity (Wildman–Crippen MR) is 62.9 cm³/mol. The van der Waals surface area contributed by atoms with Gasteiger partial charge in [-0.05, 0) is 13.0 Å². The summed E-state index contributed by atoms with van der Waals surface area (Å²) in [6.45, 7) is 3.92. The molecule has 5 nitrogen and oxygen atoms in total. The topological polar surface area (TPSA) is 63.6 Å². The summed E-state index contributed by atoms with van der Waals surface area (Å²) in [5, 5.41) is 13.4. The van der Waals surface area contributed by atoms with Crippen molar-refractivity contribution >= 4 is 11.3 Å². The van der Waals surface area contributed by atoms with Crippen LogP contribution in [-0.2, 0) is 6.54 Å². The normalized spacial score (nSPS) is 10.6. The lowest BCUT2D eigenvalue weighted by Crippen LogP contribution is -2.13.